The van der Waals surface area contributed by atoms with Gasteiger partial charge in [-0.05, 0) is 42.7 Å². The molecule has 0 N–H and O–H groups in total. The van der Waals surface area contributed by atoms with Crippen LogP contribution in [0.1, 0.15) is 18.4 Å². The van der Waals surface area contributed by atoms with Gasteiger partial charge in [0.2, 0.25) is 0 Å². The van der Waals surface area contributed by atoms with Crippen LogP contribution < -0.4 is 10.3 Å². The normalized spacial score (nSPS) is 16.6. The molecule has 0 unspecified atom stereocenters. The molecule has 7 heteroatoms. The summed E-state index contributed by atoms with van der Waals surface area (Å²) in [6.07, 6.45) is 4.21. The monoisotopic (exact) mass is 432 g/mol. The summed E-state index contributed by atoms with van der Waals surface area (Å²) in [5.41, 5.74) is 2.62. The summed E-state index contributed by atoms with van der Waals surface area (Å²) in [5, 5.41) is 5.41. The number of fused-ring (bicyclic) bond motifs is 1. The largest absolute Gasteiger partial charge is 0.489 e. The highest BCUT2D eigenvalue weighted by Crippen LogP contribution is 2.21. The molecular formula is C25H25FN4O2. The number of halogens is 1. The summed E-state index contributed by atoms with van der Waals surface area (Å²) >= 11 is 0. The van der Waals surface area contributed by atoms with Gasteiger partial charge in [0, 0.05) is 36.4 Å². The van der Waals surface area contributed by atoms with E-state index in [0.29, 0.717) is 31.9 Å². The first-order valence-corrected chi connectivity index (χ1v) is 10.9. The zero-order valence-electron chi connectivity index (χ0n) is 17.7. The Morgan fingerprint density at radius 1 is 1.06 bits per heavy atom. The van der Waals surface area contributed by atoms with E-state index >= 15 is 0 Å². The fourth-order valence-corrected chi connectivity index (χ4v) is 4.17. The molecule has 1 aliphatic rings. The lowest BCUT2D eigenvalue weighted by Gasteiger charge is -2.18. The van der Waals surface area contributed by atoms with Gasteiger partial charge < -0.3 is 4.74 Å². The van der Waals surface area contributed by atoms with Crippen LogP contribution >= 0.6 is 0 Å². The quantitative estimate of drug-likeness (QED) is 0.412. The van der Waals surface area contributed by atoms with E-state index in [0.717, 1.165) is 35.1 Å². The van der Waals surface area contributed by atoms with Crippen molar-refractivity contribution < 1.29 is 9.13 Å². The lowest BCUT2D eigenvalue weighted by molar-refractivity contribution is 0.122. The lowest BCUT2D eigenvalue weighted by Crippen LogP contribution is -2.29. The molecule has 6 nitrogen and oxygen atoms in total. The van der Waals surface area contributed by atoms with E-state index in [4.69, 9.17) is 4.74 Å². The molecule has 0 amide bonds. The summed E-state index contributed by atoms with van der Waals surface area (Å²) in [6.45, 7) is 2.49. The van der Waals surface area contributed by atoms with Gasteiger partial charge in [-0.25, -0.2) is 4.39 Å². The molecule has 1 atom stereocenters. The van der Waals surface area contributed by atoms with Crippen LogP contribution in [-0.2, 0) is 13.2 Å². The van der Waals surface area contributed by atoms with E-state index in [-0.39, 0.29) is 5.56 Å². The Morgan fingerprint density at radius 2 is 1.94 bits per heavy atom. The molecule has 164 valence electrons. The molecule has 5 rings (SSSR count). The van der Waals surface area contributed by atoms with Gasteiger partial charge >= 0.3 is 0 Å². The number of hydrogen-bond donors (Lipinski definition) is 0. The first-order valence-electron chi connectivity index (χ1n) is 10.9. The number of rotatable bonds is 7. The molecule has 1 fully saturated rings. The molecule has 0 bridgehead atoms. The maximum absolute atomic E-state index is 13.8. The molecule has 2 aromatic carbocycles. The van der Waals surface area contributed by atoms with Gasteiger partial charge in [-0.3, -0.25) is 18.9 Å². The Bertz CT molecular complexity index is 1270. The third kappa shape index (κ3) is 4.29. The third-order valence-electron chi connectivity index (χ3n) is 5.93. The molecule has 3 heterocycles. The second kappa shape index (κ2) is 8.96. The molecule has 0 spiro atoms. The summed E-state index contributed by atoms with van der Waals surface area (Å²) in [7, 11) is 0. The Balaban J connectivity index is 1.30. The van der Waals surface area contributed by atoms with Gasteiger partial charge in [-0.2, -0.15) is 5.10 Å². The number of aromatic nitrogens is 3. The van der Waals surface area contributed by atoms with E-state index in [9.17, 15) is 9.18 Å². The SMILES string of the molecule is O=c1cc(OCc2ccccc2)ccn1-c1ccc2c(cnn2CCN2CCC[C@@H]2F)c1. The van der Waals surface area contributed by atoms with E-state index in [1.807, 2.05) is 58.1 Å². The van der Waals surface area contributed by atoms with Gasteiger partial charge in [0.15, 0.2) is 6.30 Å². The van der Waals surface area contributed by atoms with Crippen molar-refractivity contribution in [2.75, 3.05) is 13.1 Å². The summed E-state index contributed by atoms with van der Waals surface area (Å²) < 4.78 is 23.1. The fourth-order valence-electron chi connectivity index (χ4n) is 4.17. The minimum absolute atomic E-state index is 0.162. The van der Waals surface area contributed by atoms with Crippen LogP contribution in [0.5, 0.6) is 5.75 Å². The number of ether oxygens (including phenoxy) is 1. The van der Waals surface area contributed by atoms with Crippen molar-refractivity contribution in [3.63, 3.8) is 0 Å². The first-order chi connectivity index (χ1) is 15.7. The molecule has 0 aliphatic carbocycles. The molecule has 0 saturated carbocycles. The van der Waals surface area contributed by atoms with Crippen molar-refractivity contribution in [1.82, 2.24) is 19.2 Å². The highest BCUT2D eigenvalue weighted by molar-refractivity contribution is 5.80. The van der Waals surface area contributed by atoms with Crippen molar-refractivity contribution in [2.24, 2.45) is 0 Å². The number of pyridine rings is 1. The molecule has 2 aromatic heterocycles. The van der Waals surface area contributed by atoms with Crippen LogP contribution in [0.3, 0.4) is 0 Å². The Kier molecular flexibility index (Phi) is 5.73. The van der Waals surface area contributed by atoms with Gasteiger partial charge in [-0.1, -0.05) is 30.3 Å². The van der Waals surface area contributed by atoms with Crippen LogP contribution in [0.4, 0.5) is 4.39 Å². The topological polar surface area (TPSA) is 52.3 Å². The number of hydrogen-bond acceptors (Lipinski definition) is 4. The number of nitrogens with zero attached hydrogens (tertiary/aromatic N) is 4. The van der Waals surface area contributed by atoms with Crippen molar-refractivity contribution in [2.45, 2.75) is 32.3 Å². The number of alkyl halides is 1. The summed E-state index contributed by atoms with van der Waals surface area (Å²) in [6, 6.07) is 18.9. The highest BCUT2D eigenvalue weighted by Gasteiger charge is 2.23. The Morgan fingerprint density at radius 3 is 2.72 bits per heavy atom. The Labute approximate surface area is 185 Å². The molecule has 1 aliphatic heterocycles. The smallest absolute Gasteiger partial charge is 0.258 e. The van der Waals surface area contributed by atoms with Gasteiger partial charge in [0.25, 0.3) is 5.56 Å². The maximum atomic E-state index is 13.8. The standard InChI is InChI=1S/C25H25FN4O2/c26-24-7-4-11-28(24)13-14-30-23-9-8-21(15-20(23)17-27-30)29-12-10-22(16-25(29)31)32-18-19-5-2-1-3-6-19/h1-3,5-6,8-10,12,15-17,24H,4,7,11,13-14,18H2/t24-/m1/s1. The second-order valence-electron chi connectivity index (χ2n) is 8.07. The zero-order valence-corrected chi connectivity index (χ0v) is 17.7. The van der Waals surface area contributed by atoms with E-state index < -0.39 is 6.30 Å². The maximum Gasteiger partial charge on any atom is 0.258 e. The van der Waals surface area contributed by atoms with Crippen molar-refractivity contribution in [3.8, 4) is 11.4 Å². The zero-order chi connectivity index (χ0) is 21.9. The van der Waals surface area contributed by atoms with E-state index in [1.165, 1.54) is 6.07 Å². The minimum atomic E-state index is -0.838. The molecular weight excluding hydrogens is 407 g/mol. The van der Waals surface area contributed by atoms with E-state index in [1.54, 1.807) is 23.0 Å². The summed E-state index contributed by atoms with van der Waals surface area (Å²) in [5.74, 6) is 0.539. The third-order valence-corrected chi connectivity index (χ3v) is 5.93. The average molecular weight is 432 g/mol. The second-order valence-corrected chi connectivity index (χ2v) is 8.07. The van der Waals surface area contributed by atoms with Crippen LogP contribution in [0.2, 0.25) is 0 Å². The lowest BCUT2D eigenvalue weighted by atomic mass is 10.2. The van der Waals surface area contributed by atoms with Crippen LogP contribution in [0, 0.1) is 0 Å². The minimum Gasteiger partial charge on any atom is -0.489 e. The fraction of sp³-hybridized carbons (Fsp3) is 0.280. The van der Waals surface area contributed by atoms with Gasteiger partial charge in [0.1, 0.15) is 12.4 Å². The van der Waals surface area contributed by atoms with Crippen LogP contribution in [0.25, 0.3) is 16.6 Å². The van der Waals surface area contributed by atoms with Gasteiger partial charge in [0.05, 0.1) is 18.3 Å². The van der Waals surface area contributed by atoms with Crippen molar-refractivity contribution in [1.29, 1.82) is 0 Å². The van der Waals surface area contributed by atoms with E-state index in [2.05, 4.69) is 5.10 Å². The van der Waals surface area contributed by atoms with Crippen molar-refractivity contribution >= 4 is 10.9 Å². The van der Waals surface area contributed by atoms with Crippen LogP contribution in [-0.4, -0.2) is 38.6 Å². The average Bonchev–Trinajstić information content (AvgIpc) is 3.42. The number of benzene rings is 2. The van der Waals surface area contributed by atoms with Gasteiger partial charge in [-0.15, -0.1) is 0 Å². The molecule has 1 saturated heterocycles. The predicted molar refractivity (Wildman–Crippen MR) is 122 cm³/mol. The predicted octanol–water partition coefficient (Wildman–Crippen LogP) is 4.16. The van der Waals surface area contributed by atoms with Crippen molar-refractivity contribution in [3.05, 3.63) is 89.0 Å². The molecule has 32 heavy (non-hydrogen) atoms. The number of likely N-dealkylation sites (tertiary alicyclic amines) is 1. The Hall–Kier alpha value is -3.45. The highest BCUT2D eigenvalue weighted by atomic mass is 19.1. The first kappa shape index (κ1) is 20.5. The van der Waals surface area contributed by atoms with Crippen LogP contribution in [0.15, 0.2) is 77.9 Å². The summed E-state index contributed by atoms with van der Waals surface area (Å²) in [4.78, 5) is 14.6. The molecule has 4 aromatic rings. The molecule has 0 radical (unpaired) electrons.